The maximum absolute atomic E-state index is 12.0. The molecule has 1 atom stereocenters. The van der Waals surface area contributed by atoms with Crippen LogP contribution in [0.25, 0.3) is 0 Å². The minimum atomic E-state index is -0.453. The van der Waals surface area contributed by atoms with E-state index in [1.54, 1.807) is 4.90 Å². The highest BCUT2D eigenvalue weighted by Crippen LogP contribution is 2.28. The largest absolute Gasteiger partial charge is 0.398 e. The lowest BCUT2D eigenvalue weighted by Crippen LogP contribution is -2.25. The van der Waals surface area contributed by atoms with Crippen molar-refractivity contribution in [3.8, 4) is 0 Å². The van der Waals surface area contributed by atoms with Crippen molar-refractivity contribution in [3.63, 3.8) is 0 Å². The number of hydrogen-bond acceptors (Lipinski definition) is 4. The molecule has 1 aliphatic rings. The van der Waals surface area contributed by atoms with E-state index < -0.39 is 4.92 Å². The maximum atomic E-state index is 12.0. The van der Waals surface area contributed by atoms with Crippen LogP contribution in [0.15, 0.2) is 18.2 Å². The van der Waals surface area contributed by atoms with E-state index in [1.165, 1.54) is 18.2 Å². The lowest BCUT2D eigenvalue weighted by Gasteiger charge is -2.19. The Bertz CT molecular complexity index is 542. The predicted molar refractivity (Wildman–Crippen MR) is 75.9 cm³/mol. The number of rotatable bonds is 4. The third-order valence-electron chi connectivity index (χ3n) is 3.89. The second-order valence-corrected chi connectivity index (χ2v) is 5.62. The van der Waals surface area contributed by atoms with Crippen molar-refractivity contribution in [2.24, 2.45) is 11.8 Å². The maximum Gasteiger partial charge on any atom is 0.269 e. The van der Waals surface area contributed by atoms with E-state index in [-0.39, 0.29) is 11.6 Å². The molecule has 0 bridgehead atoms. The summed E-state index contributed by atoms with van der Waals surface area (Å²) in [5.41, 5.74) is 6.97. The van der Waals surface area contributed by atoms with Crippen LogP contribution in [0, 0.1) is 22.0 Å². The molecule has 1 aliphatic heterocycles. The lowest BCUT2D eigenvalue weighted by atomic mass is 9.95. The van der Waals surface area contributed by atoms with Gasteiger partial charge in [0.05, 0.1) is 4.92 Å². The summed E-state index contributed by atoms with van der Waals surface area (Å²) in [6.07, 6.45) is 0.548. The van der Waals surface area contributed by atoms with Crippen molar-refractivity contribution in [2.45, 2.75) is 26.8 Å². The fourth-order valence-corrected chi connectivity index (χ4v) is 2.45. The predicted octanol–water partition coefficient (Wildman–Crippen LogP) is 2.18. The number of amides is 1. The van der Waals surface area contributed by atoms with E-state index in [0.29, 0.717) is 42.6 Å². The summed E-state index contributed by atoms with van der Waals surface area (Å²) in [7, 11) is 0. The van der Waals surface area contributed by atoms with Gasteiger partial charge in [0, 0.05) is 42.9 Å². The Balaban J connectivity index is 2.16. The number of carbonyl (C=O) groups is 1. The molecule has 20 heavy (non-hydrogen) atoms. The molecule has 2 N–H and O–H groups in total. The smallest absolute Gasteiger partial charge is 0.269 e. The quantitative estimate of drug-likeness (QED) is 0.519. The van der Waals surface area contributed by atoms with Crippen LogP contribution in [0.1, 0.15) is 25.8 Å². The number of hydrogen-bond donors (Lipinski definition) is 1. The molecule has 6 nitrogen and oxygen atoms in total. The van der Waals surface area contributed by atoms with Crippen LogP contribution in [0.5, 0.6) is 0 Å². The number of nitro groups is 1. The van der Waals surface area contributed by atoms with Gasteiger partial charge in [-0.3, -0.25) is 14.9 Å². The number of likely N-dealkylation sites (tertiary alicyclic amines) is 1. The second-order valence-electron chi connectivity index (χ2n) is 5.62. The molecular weight excluding hydrogens is 258 g/mol. The van der Waals surface area contributed by atoms with Crippen molar-refractivity contribution < 1.29 is 9.72 Å². The summed E-state index contributed by atoms with van der Waals surface area (Å²) in [5, 5.41) is 10.8. The van der Waals surface area contributed by atoms with Crippen LogP contribution in [0.4, 0.5) is 11.4 Å². The molecule has 1 aromatic rings. The number of benzene rings is 1. The number of nitro benzene ring substituents is 1. The Morgan fingerprint density at radius 3 is 2.75 bits per heavy atom. The number of nitrogens with two attached hydrogens (primary N) is 1. The first-order valence-electron chi connectivity index (χ1n) is 6.69. The molecule has 2 rings (SSSR count). The molecule has 0 saturated carbocycles. The van der Waals surface area contributed by atoms with Crippen molar-refractivity contribution in [1.29, 1.82) is 0 Å². The molecule has 108 valence electrons. The highest BCUT2D eigenvalue weighted by Gasteiger charge is 2.31. The monoisotopic (exact) mass is 277 g/mol. The number of nitrogen functional groups attached to an aromatic ring is 1. The SMILES string of the molecule is CC(C)C1CC(=O)N(Cc2cc([N+](=O)[O-])ccc2N)C1. The van der Waals surface area contributed by atoms with Crippen LogP contribution in [-0.2, 0) is 11.3 Å². The van der Waals surface area contributed by atoms with Gasteiger partial charge in [-0.15, -0.1) is 0 Å². The van der Waals surface area contributed by atoms with E-state index >= 15 is 0 Å². The lowest BCUT2D eigenvalue weighted by molar-refractivity contribution is -0.384. The first-order valence-corrected chi connectivity index (χ1v) is 6.69. The summed E-state index contributed by atoms with van der Waals surface area (Å²) in [4.78, 5) is 24.0. The molecule has 6 heteroatoms. The molecule has 1 amide bonds. The number of nitrogens with zero attached hydrogens (tertiary/aromatic N) is 2. The van der Waals surface area contributed by atoms with Gasteiger partial charge in [-0.2, -0.15) is 0 Å². The summed E-state index contributed by atoms with van der Waals surface area (Å²) in [5.74, 6) is 0.892. The van der Waals surface area contributed by atoms with E-state index in [0.717, 1.165) is 0 Å². The van der Waals surface area contributed by atoms with Crippen molar-refractivity contribution >= 4 is 17.3 Å². The molecule has 0 aromatic heterocycles. The van der Waals surface area contributed by atoms with Crippen LogP contribution >= 0.6 is 0 Å². The van der Waals surface area contributed by atoms with Crippen LogP contribution < -0.4 is 5.73 Å². The van der Waals surface area contributed by atoms with E-state index in [9.17, 15) is 14.9 Å². The first-order chi connectivity index (χ1) is 9.38. The third kappa shape index (κ3) is 2.89. The summed E-state index contributed by atoms with van der Waals surface area (Å²) < 4.78 is 0. The summed E-state index contributed by atoms with van der Waals surface area (Å²) >= 11 is 0. The number of carbonyl (C=O) groups excluding carboxylic acids is 1. The zero-order valence-corrected chi connectivity index (χ0v) is 11.7. The van der Waals surface area contributed by atoms with Gasteiger partial charge < -0.3 is 10.6 Å². The topological polar surface area (TPSA) is 89.5 Å². The van der Waals surface area contributed by atoms with Crippen molar-refractivity contribution in [2.75, 3.05) is 12.3 Å². The van der Waals surface area contributed by atoms with Gasteiger partial charge >= 0.3 is 0 Å². The minimum absolute atomic E-state index is 0.00116. The fourth-order valence-electron chi connectivity index (χ4n) is 2.45. The van der Waals surface area contributed by atoms with E-state index in [1.807, 2.05) is 0 Å². The number of anilines is 1. The molecule has 1 saturated heterocycles. The summed E-state index contributed by atoms with van der Waals surface area (Å²) in [6, 6.07) is 4.35. The van der Waals surface area contributed by atoms with Gasteiger partial charge in [0.1, 0.15) is 0 Å². The molecule has 0 aliphatic carbocycles. The van der Waals surface area contributed by atoms with E-state index in [4.69, 9.17) is 5.73 Å². The van der Waals surface area contributed by atoms with Gasteiger partial charge in [0.2, 0.25) is 5.91 Å². The Morgan fingerprint density at radius 1 is 1.50 bits per heavy atom. The molecule has 1 heterocycles. The van der Waals surface area contributed by atoms with Crippen LogP contribution in [0.3, 0.4) is 0 Å². The Kier molecular flexibility index (Phi) is 3.92. The molecule has 1 aromatic carbocycles. The average Bonchev–Trinajstić information content (AvgIpc) is 2.73. The Labute approximate surface area is 117 Å². The third-order valence-corrected chi connectivity index (χ3v) is 3.89. The minimum Gasteiger partial charge on any atom is -0.398 e. The van der Waals surface area contributed by atoms with Gasteiger partial charge in [0.15, 0.2) is 0 Å². The Hall–Kier alpha value is -2.11. The normalized spacial score (nSPS) is 18.9. The molecule has 0 spiro atoms. The van der Waals surface area contributed by atoms with Crippen molar-refractivity contribution in [3.05, 3.63) is 33.9 Å². The molecule has 0 radical (unpaired) electrons. The zero-order valence-electron chi connectivity index (χ0n) is 11.7. The Morgan fingerprint density at radius 2 is 2.20 bits per heavy atom. The second kappa shape index (κ2) is 5.48. The first kappa shape index (κ1) is 14.3. The number of non-ortho nitro benzene ring substituents is 1. The van der Waals surface area contributed by atoms with Crippen molar-refractivity contribution in [1.82, 2.24) is 4.90 Å². The standard InChI is InChI=1S/C14H19N3O3/c1-9(2)10-6-14(18)16(7-10)8-11-5-12(17(19)20)3-4-13(11)15/h3-5,9-10H,6-8,15H2,1-2H3. The molecular formula is C14H19N3O3. The van der Waals surface area contributed by atoms with E-state index in [2.05, 4.69) is 13.8 Å². The zero-order chi connectivity index (χ0) is 14.9. The average molecular weight is 277 g/mol. The molecule has 1 unspecified atom stereocenters. The van der Waals surface area contributed by atoms with Crippen LogP contribution in [0.2, 0.25) is 0 Å². The van der Waals surface area contributed by atoms with Gasteiger partial charge in [-0.05, 0) is 17.9 Å². The van der Waals surface area contributed by atoms with Gasteiger partial charge in [0.25, 0.3) is 5.69 Å². The van der Waals surface area contributed by atoms with Gasteiger partial charge in [-0.1, -0.05) is 13.8 Å². The highest BCUT2D eigenvalue weighted by atomic mass is 16.6. The fraction of sp³-hybridized carbons (Fsp3) is 0.500. The highest BCUT2D eigenvalue weighted by molar-refractivity contribution is 5.79. The van der Waals surface area contributed by atoms with Crippen LogP contribution in [-0.4, -0.2) is 22.3 Å². The van der Waals surface area contributed by atoms with Gasteiger partial charge in [-0.25, -0.2) is 0 Å². The molecule has 1 fully saturated rings. The summed E-state index contributed by atoms with van der Waals surface area (Å²) in [6.45, 7) is 5.24.